The highest BCUT2D eigenvalue weighted by Crippen LogP contribution is 2.32. The number of benzene rings is 1. The number of anilines is 2. The van der Waals surface area contributed by atoms with Gasteiger partial charge in [0.25, 0.3) is 11.5 Å². The Bertz CT molecular complexity index is 1590. The lowest BCUT2D eigenvalue weighted by Crippen LogP contribution is -2.32. The maximum Gasteiger partial charge on any atom is 0.278 e. The number of nitrogens with one attached hydrogen (secondary N) is 2. The van der Waals surface area contributed by atoms with E-state index in [1.807, 2.05) is 38.1 Å². The molecule has 1 amide bonds. The molecule has 3 aromatic heterocycles. The van der Waals surface area contributed by atoms with Gasteiger partial charge in [-0.15, -0.1) is 6.58 Å². The maximum atomic E-state index is 13.2. The van der Waals surface area contributed by atoms with Crippen LogP contribution in [0.2, 0.25) is 0 Å². The van der Waals surface area contributed by atoms with Gasteiger partial charge >= 0.3 is 0 Å². The highest BCUT2D eigenvalue weighted by molar-refractivity contribution is 6.00. The van der Waals surface area contributed by atoms with Gasteiger partial charge in [0, 0.05) is 34.8 Å². The fourth-order valence-corrected chi connectivity index (χ4v) is 4.50. The van der Waals surface area contributed by atoms with Crippen LogP contribution in [0.15, 0.2) is 60.2 Å². The van der Waals surface area contributed by atoms with E-state index in [2.05, 4.69) is 48.0 Å². The van der Waals surface area contributed by atoms with Gasteiger partial charge in [-0.25, -0.2) is 14.3 Å². The van der Waals surface area contributed by atoms with Crippen molar-refractivity contribution in [3.05, 3.63) is 82.6 Å². The SMILES string of the molecule is C=CCn1c(=O)c2cnc(Nc3ccc4c(c3)C(=O)NC4(C)C)nc2n1-c1ccnc(C(C)(C)C)c1. The maximum absolute atomic E-state index is 13.2. The standard InChI is InChI=1S/C27H29N7O2/c1-7-12-33-24(36)19-15-29-25(30-16-8-9-20-18(13-16)23(35)32-27(20,5)6)31-22(19)34(33)17-10-11-28-21(14-17)26(2,3)4/h7-11,13-15H,1,12H2,2-6H3,(H,32,35)(H,29,30,31). The second-order valence-electron chi connectivity index (χ2n) is 10.5. The second kappa shape index (κ2) is 8.15. The zero-order valence-electron chi connectivity index (χ0n) is 21.1. The topological polar surface area (TPSA) is 107 Å². The predicted molar refractivity (Wildman–Crippen MR) is 140 cm³/mol. The highest BCUT2D eigenvalue weighted by Gasteiger charge is 2.35. The van der Waals surface area contributed by atoms with Crippen molar-refractivity contribution in [2.24, 2.45) is 0 Å². The van der Waals surface area contributed by atoms with E-state index in [0.29, 0.717) is 34.8 Å². The number of carbonyl (C=O) groups excluding carboxylic acids is 1. The van der Waals surface area contributed by atoms with Gasteiger partial charge in [0.15, 0.2) is 5.65 Å². The summed E-state index contributed by atoms with van der Waals surface area (Å²) in [4.78, 5) is 39.3. The van der Waals surface area contributed by atoms with Gasteiger partial charge in [0.2, 0.25) is 5.95 Å². The average molecular weight is 484 g/mol. The molecule has 4 aromatic rings. The molecule has 0 bridgehead atoms. The molecule has 0 radical (unpaired) electrons. The van der Waals surface area contributed by atoms with Gasteiger partial charge in [0.1, 0.15) is 5.39 Å². The van der Waals surface area contributed by atoms with Crippen molar-refractivity contribution in [3.63, 3.8) is 0 Å². The van der Waals surface area contributed by atoms with Crippen LogP contribution in [0, 0.1) is 0 Å². The largest absolute Gasteiger partial charge is 0.343 e. The van der Waals surface area contributed by atoms with Crippen LogP contribution in [-0.4, -0.2) is 30.2 Å². The molecule has 0 unspecified atom stereocenters. The van der Waals surface area contributed by atoms with Crippen molar-refractivity contribution >= 4 is 28.6 Å². The summed E-state index contributed by atoms with van der Waals surface area (Å²) in [5.41, 5.74) is 3.58. The van der Waals surface area contributed by atoms with Gasteiger partial charge < -0.3 is 10.6 Å². The van der Waals surface area contributed by atoms with Crippen molar-refractivity contribution in [2.75, 3.05) is 5.32 Å². The zero-order valence-corrected chi connectivity index (χ0v) is 21.1. The lowest BCUT2D eigenvalue weighted by molar-refractivity contribution is 0.0940. The Morgan fingerprint density at radius 2 is 1.92 bits per heavy atom. The minimum absolute atomic E-state index is 0.113. The number of amides is 1. The van der Waals surface area contributed by atoms with Crippen molar-refractivity contribution in [1.29, 1.82) is 0 Å². The van der Waals surface area contributed by atoms with Crippen LogP contribution in [0.25, 0.3) is 16.7 Å². The van der Waals surface area contributed by atoms with E-state index in [0.717, 1.165) is 16.9 Å². The lowest BCUT2D eigenvalue weighted by atomic mass is 9.91. The molecule has 0 spiro atoms. The molecule has 9 heteroatoms. The van der Waals surface area contributed by atoms with Crippen molar-refractivity contribution in [1.82, 2.24) is 29.6 Å². The summed E-state index contributed by atoms with van der Waals surface area (Å²) in [5.74, 6) is 0.201. The molecule has 1 aliphatic heterocycles. The molecule has 1 aromatic carbocycles. The van der Waals surface area contributed by atoms with E-state index in [1.165, 1.54) is 6.20 Å². The van der Waals surface area contributed by atoms with Crippen LogP contribution in [0.1, 0.15) is 56.2 Å². The first-order valence-corrected chi connectivity index (χ1v) is 11.8. The van der Waals surface area contributed by atoms with Crippen LogP contribution in [0.4, 0.5) is 11.6 Å². The van der Waals surface area contributed by atoms with E-state index < -0.39 is 5.54 Å². The Labute approximate surface area is 208 Å². The van der Waals surface area contributed by atoms with E-state index in [9.17, 15) is 9.59 Å². The van der Waals surface area contributed by atoms with Crippen LogP contribution >= 0.6 is 0 Å². The molecular weight excluding hydrogens is 454 g/mol. The molecule has 0 saturated heterocycles. The first kappa shape index (κ1) is 23.5. The molecule has 2 N–H and O–H groups in total. The number of carbonyl (C=O) groups is 1. The fraction of sp³-hybridized carbons (Fsp3) is 0.296. The van der Waals surface area contributed by atoms with E-state index >= 15 is 0 Å². The third kappa shape index (κ3) is 3.86. The Morgan fingerprint density at radius 1 is 1.14 bits per heavy atom. The summed E-state index contributed by atoms with van der Waals surface area (Å²) in [7, 11) is 0. The Kier molecular flexibility index (Phi) is 5.31. The Balaban J connectivity index is 1.62. The van der Waals surface area contributed by atoms with Crippen LogP contribution in [-0.2, 0) is 17.5 Å². The van der Waals surface area contributed by atoms with E-state index in [-0.39, 0.29) is 16.9 Å². The summed E-state index contributed by atoms with van der Waals surface area (Å²) < 4.78 is 3.36. The van der Waals surface area contributed by atoms with Gasteiger partial charge in [0.05, 0.1) is 17.8 Å². The molecular formula is C27H29N7O2. The summed E-state index contributed by atoms with van der Waals surface area (Å²) in [5, 5.41) is 6.57. The smallest absolute Gasteiger partial charge is 0.278 e. The van der Waals surface area contributed by atoms with Crippen molar-refractivity contribution < 1.29 is 4.79 Å². The number of aromatic nitrogens is 5. The fourth-order valence-electron chi connectivity index (χ4n) is 4.50. The molecule has 36 heavy (non-hydrogen) atoms. The monoisotopic (exact) mass is 483 g/mol. The zero-order chi connectivity index (χ0) is 25.8. The molecule has 4 heterocycles. The number of hydrogen-bond donors (Lipinski definition) is 2. The molecule has 0 atom stereocenters. The van der Waals surface area contributed by atoms with Gasteiger partial charge in [-0.2, -0.15) is 4.98 Å². The highest BCUT2D eigenvalue weighted by atomic mass is 16.2. The molecule has 184 valence electrons. The van der Waals surface area contributed by atoms with Crippen molar-refractivity contribution in [2.45, 2.75) is 52.1 Å². The van der Waals surface area contributed by atoms with Crippen LogP contribution < -0.4 is 16.2 Å². The van der Waals surface area contributed by atoms with E-state index in [1.54, 1.807) is 27.7 Å². The summed E-state index contributed by atoms with van der Waals surface area (Å²) in [6.45, 7) is 14.3. The molecule has 9 nitrogen and oxygen atoms in total. The minimum atomic E-state index is -0.416. The number of pyridine rings is 1. The molecule has 0 aliphatic carbocycles. The number of rotatable bonds is 5. The van der Waals surface area contributed by atoms with Gasteiger partial charge in [-0.05, 0) is 43.7 Å². The Hall–Kier alpha value is -4.27. The number of fused-ring (bicyclic) bond motifs is 2. The summed E-state index contributed by atoms with van der Waals surface area (Å²) >= 11 is 0. The normalized spacial score (nSPS) is 14.5. The predicted octanol–water partition coefficient (Wildman–Crippen LogP) is 4.18. The van der Waals surface area contributed by atoms with Crippen molar-refractivity contribution in [3.8, 4) is 5.69 Å². The third-order valence-electron chi connectivity index (χ3n) is 6.35. The van der Waals surface area contributed by atoms with Gasteiger partial charge in [-0.1, -0.05) is 32.9 Å². The quantitative estimate of drug-likeness (QED) is 0.413. The lowest BCUT2D eigenvalue weighted by Gasteiger charge is -2.19. The first-order valence-electron chi connectivity index (χ1n) is 11.8. The average Bonchev–Trinajstić information content (AvgIpc) is 3.22. The molecule has 1 aliphatic rings. The minimum Gasteiger partial charge on any atom is -0.343 e. The second-order valence-corrected chi connectivity index (χ2v) is 10.5. The first-order chi connectivity index (χ1) is 17.0. The van der Waals surface area contributed by atoms with Gasteiger partial charge in [-0.3, -0.25) is 14.6 Å². The van der Waals surface area contributed by atoms with E-state index in [4.69, 9.17) is 4.98 Å². The Morgan fingerprint density at radius 3 is 2.64 bits per heavy atom. The molecule has 0 fully saturated rings. The molecule has 5 rings (SSSR count). The number of nitrogens with zero attached hydrogens (tertiary/aromatic N) is 5. The van der Waals surface area contributed by atoms with Crippen LogP contribution in [0.5, 0.6) is 0 Å². The molecule has 0 saturated carbocycles. The third-order valence-corrected chi connectivity index (χ3v) is 6.35. The summed E-state index contributed by atoms with van der Waals surface area (Å²) in [6.07, 6.45) is 4.94. The summed E-state index contributed by atoms with van der Waals surface area (Å²) in [6, 6.07) is 9.43. The number of hydrogen-bond acceptors (Lipinski definition) is 6. The number of allylic oxidation sites excluding steroid dienone is 1. The van der Waals surface area contributed by atoms with Crippen LogP contribution in [0.3, 0.4) is 0 Å².